The molecular formula is C23H24N6O2S. The number of carbonyl (C=O) groups excluding carboxylic acids is 1. The van der Waals surface area contributed by atoms with Crippen molar-refractivity contribution in [2.75, 3.05) is 11.1 Å². The Labute approximate surface area is 190 Å². The molecule has 9 heteroatoms. The molecule has 32 heavy (non-hydrogen) atoms. The highest BCUT2D eigenvalue weighted by Crippen LogP contribution is 2.25. The number of nitrogens with one attached hydrogen (secondary N) is 1. The minimum Gasteiger partial charge on any atom is -0.330 e. The summed E-state index contributed by atoms with van der Waals surface area (Å²) in [4.78, 5) is 17.0. The highest BCUT2D eigenvalue weighted by molar-refractivity contribution is 7.99. The van der Waals surface area contributed by atoms with Crippen LogP contribution in [0.5, 0.6) is 0 Å². The SMILES string of the molecule is Cc1ccc(-c2noc(-c3nnc(SCC(=O)Nc4c(C)cc(C)cc4C)n3C)n2)cc1. The smallest absolute Gasteiger partial charge is 0.296 e. The molecular weight excluding hydrogens is 424 g/mol. The Bertz CT molecular complexity index is 1250. The Morgan fingerprint density at radius 3 is 2.41 bits per heavy atom. The van der Waals surface area contributed by atoms with Gasteiger partial charge in [-0.15, -0.1) is 10.2 Å². The summed E-state index contributed by atoms with van der Waals surface area (Å²) in [5, 5.41) is 16.0. The summed E-state index contributed by atoms with van der Waals surface area (Å²) in [6, 6.07) is 12.0. The zero-order chi connectivity index (χ0) is 22.8. The van der Waals surface area contributed by atoms with Gasteiger partial charge < -0.3 is 14.4 Å². The quantitative estimate of drug-likeness (QED) is 0.434. The highest BCUT2D eigenvalue weighted by atomic mass is 32.2. The van der Waals surface area contributed by atoms with E-state index < -0.39 is 0 Å². The molecule has 0 aliphatic heterocycles. The van der Waals surface area contributed by atoms with Crippen molar-refractivity contribution in [3.8, 4) is 23.1 Å². The molecule has 0 atom stereocenters. The molecule has 2 aromatic heterocycles. The molecule has 0 saturated heterocycles. The topological polar surface area (TPSA) is 98.7 Å². The van der Waals surface area contributed by atoms with Gasteiger partial charge in [-0.05, 0) is 38.8 Å². The maximum Gasteiger partial charge on any atom is 0.296 e. The molecule has 0 aliphatic rings. The minimum atomic E-state index is -0.103. The molecule has 0 aliphatic carbocycles. The van der Waals surface area contributed by atoms with Crippen LogP contribution in [0, 0.1) is 27.7 Å². The van der Waals surface area contributed by atoms with Crippen LogP contribution in [-0.4, -0.2) is 36.6 Å². The van der Waals surface area contributed by atoms with Crippen molar-refractivity contribution in [2.45, 2.75) is 32.9 Å². The number of hydrogen-bond acceptors (Lipinski definition) is 7. The Balaban J connectivity index is 1.44. The van der Waals surface area contributed by atoms with E-state index in [0.29, 0.717) is 16.8 Å². The molecule has 0 bridgehead atoms. The van der Waals surface area contributed by atoms with Crippen LogP contribution >= 0.6 is 11.8 Å². The second-order valence-electron chi connectivity index (χ2n) is 7.76. The molecule has 0 spiro atoms. The predicted octanol–water partition coefficient (Wildman–Crippen LogP) is 4.50. The first-order valence-electron chi connectivity index (χ1n) is 10.1. The average Bonchev–Trinajstić information content (AvgIpc) is 3.36. The lowest BCUT2D eigenvalue weighted by molar-refractivity contribution is -0.113. The maximum absolute atomic E-state index is 12.5. The van der Waals surface area contributed by atoms with Crippen LogP contribution in [0.4, 0.5) is 5.69 Å². The molecule has 2 heterocycles. The summed E-state index contributed by atoms with van der Waals surface area (Å²) in [5.74, 6) is 1.31. The van der Waals surface area contributed by atoms with Gasteiger partial charge in [-0.2, -0.15) is 4.98 Å². The molecule has 0 unspecified atom stereocenters. The number of carbonyl (C=O) groups is 1. The van der Waals surface area contributed by atoms with Crippen molar-refractivity contribution in [2.24, 2.45) is 7.05 Å². The molecule has 0 fully saturated rings. The number of aromatic nitrogens is 5. The fourth-order valence-corrected chi connectivity index (χ4v) is 4.15. The molecule has 2 aromatic carbocycles. The number of nitrogens with zero attached hydrogens (tertiary/aromatic N) is 5. The van der Waals surface area contributed by atoms with Gasteiger partial charge in [0.2, 0.25) is 17.6 Å². The van der Waals surface area contributed by atoms with E-state index in [2.05, 4.69) is 37.8 Å². The van der Waals surface area contributed by atoms with Crippen LogP contribution in [0.3, 0.4) is 0 Å². The van der Waals surface area contributed by atoms with Gasteiger partial charge in [-0.1, -0.05) is 64.4 Å². The van der Waals surface area contributed by atoms with Gasteiger partial charge in [0.05, 0.1) is 5.75 Å². The van der Waals surface area contributed by atoms with Gasteiger partial charge in [0.1, 0.15) is 0 Å². The van der Waals surface area contributed by atoms with Crippen LogP contribution in [0.1, 0.15) is 22.3 Å². The molecule has 1 amide bonds. The van der Waals surface area contributed by atoms with E-state index in [1.807, 2.05) is 52.0 Å². The number of amides is 1. The summed E-state index contributed by atoms with van der Waals surface area (Å²) < 4.78 is 7.14. The number of rotatable bonds is 6. The van der Waals surface area contributed by atoms with E-state index in [0.717, 1.165) is 27.9 Å². The molecule has 164 valence electrons. The largest absolute Gasteiger partial charge is 0.330 e. The molecule has 4 rings (SSSR count). The van der Waals surface area contributed by atoms with Crippen LogP contribution in [0.15, 0.2) is 46.1 Å². The summed E-state index contributed by atoms with van der Waals surface area (Å²) >= 11 is 1.30. The van der Waals surface area contributed by atoms with Gasteiger partial charge in [0.25, 0.3) is 5.89 Å². The maximum atomic E-state index is 12.5. The van der Waals surface area contributed by atoms with E-state index >= 15 is 0 Å². The fourth-order valence-electron chi connectivity index (χ4n) is 3.44. The molecule has 4 aromatic rings. The zero-order valence-corrected chi connectivity index (χ0v) is 19.4. The lowest BCUT2D eigenvalue weighted by atomic mass is 10.1. The van der Waals surface area contributed by atoms with E-state index in [-0.39, 0.29) is 17.6 Å². The third-order valence-electron chi connectivity index (χ3n) is 5.04. The average molecular weight is 449 g/mol. The van der Waals surface area contributed by atoms with Crippen molar-refractivity contribution in [3.05, 3.63) is 58.7 Å². The van der Waals surface area contributed by atoms with Gasteiger partial charge >= 0.3 is 0 Å². The second-order valence-corrected chi connectivity index (χ2v) is 8.71. The van der Waals surface area contributed by atoms with Crippen molar-refractivity contribution in [3.63, 3.8) is 0 Å². The summed E-state index contributed by atoms with van der Waals surface area (Å²) in [7, 11) is 1.81. The first kappa shape index (κ1) is 21.8. The van der Waals surface area contributed by atoms with E-state index in [1.165, 1.54) is 17.3 Å². The number of thioether (sulfide) groups is 1. The standard InChI is InChI=1S/C23H24N6O2S/c1-13-6-8-17(9-7-13)20-25-22(31-28-20)21-26-27-23(29(21)5)32-12-18(30)24-19-15(3)10-14(2)11-16(19)4/h6-11H,12H2,1-5H3,(H,24,30). The number of benzene rings is 2. The Morgan fingerprint density at radius 1 is 1.03 bits per heavy atom. The van der Waals surface area contributed by atoms with Crippen molar-refractivity contribution in [1.29, 1.82) is 0 Å². The molecule has 8 nitrogen and oxygen atoms in total. The Kier molecular flexibility index (Phi) is 6.09. The highest BCUT2D eigenvalue weighted by Gasteiger charge is 2.19. The monoisotopic (exact) mass is 448 g/mol. The summed E-state index contributed by atoms with van der Waals surface area (Å²) in [6.07, 6.45) is 0. The van der Waals surface area contributed by atoms with Gasteiger partial charge in [-0.25, -0.2) is 0 Å². The van der Waals surface area contributed by atoms with Gasteiger partial charge in [-0.3, -0.25) is 4.79 Å². The minimum absolute atomic E-state index is 0.103. The first-order valence-corrected chi connectivity index (χ1v) is 11.1. The second kappa shape index (κ2) is 8.96. The molecule has 0 radical (unpaired) electrons. The number of hydrogen-bond donors (Lipinski definition) is 1. The van der Waals surface area contributed by atoms with Crippen LogP contribution < -0.4 is 5.32 Å². The fraction of sp³-hybridized carbons (Fsp3) is 0.261. The lowest BCUT2D eigenvalue weighted by Gasteiger charge is -2.12. The van der Waals surface area contributed by atoms with Crippen molar-refractivity contribution in [1.82, 2.24) is 24.9 Å². The van der Waals surface area contributed by atoms with Crippen molar-refractivity contribution < 1.29 is 9.32 Å². The number of aryl methyl sites for hydroxylation is 4. The number of anilines is 1. The van der Waals surface area contributed by atoms with Crippen LogP contribution in [-0.2, 0) is 11.8 Å². The third kappa shape index (κ3) is 4.57. The zero-order valence-electron chi connectivity index (χ0n) is 18.6. The van der Waals surface area contributed by atoms with Crippen LogP contribution in [0.25, 0.3) is 23.1 Å². The normalized spacial score (nSPS) is 11.0. The third-order valence-corrected chi connectivity index (χ3v) is 6.06. The lowest BCUT2D eigenvalue weighted by Crippen LogP contribution is -2.16. The van der Waals surface area contributed by atoms with E-state index in [1.54, 1.807) is 11.6 Å². The Morgan fingerprint density at radius 2 is 1.72 bits per heavy atom. The molecule has 1 N–H and O–H groups in total. The molecule has 0 saturated carbocycles. The first-order chi connectivity index (χ1) is 15.3. The van der Waals surface area contributed by atoms with E-state index in [4.69, 9.17) is 4.52 Å². The summed E-state index contributed by atoms with van der Waals surface area (Å²) in [6.45, 7) is 8.05. The predicted molar refractivity (Wildman–Crippen MR) is 124 cm³/mol. The summed E-state index contributed by atoms with van der Waals surface area (Å²) in [5.41, 5.74) is 6.13. The van der Waals surface area contributed by atoms with Crippen LogP contribution in [0.2, 0.25) is 0 Å². The van der Waals surface area contributed by atoms with Gasteiger partial charge in [0, 0.05) is 18.3 Å². The van der Waals surface area contributed by atoms with Gasteiger partial charge in [0.15, 0.2) is 5.16 Å². The van der Waals surface area contributed by atoms with Crippen molar-refractivity contribution >= 4 is 23.4 Å². The van der Waals surface area contributed by atoms with E-state index in [9.17, 15) is 4.79 Å². The Hall–Kier alpha value is -3.46.